The van der Waals surface area contributed by atoms with Crippen molar-refractivity contribution in [3.05, 3.63) is 94.8 Å². The SMILES string of the molecule is CCc1nc2nc(-c3ccccc3Cl)sc2n1Cc1ccc(OCc2ccccc2-c2nnn[nH]2)cc1. The van der Waals surface area contributed by atoms with Gasteiger partial charge in [0.2, 0.25) is 0 Å². The van der Waals surface area contributed by atoms with Gasteiger partial charge in [0.1, 0.15) is 28.0 Å². The highest BCUT2D eigenvalue weighted by molar-refractivity contribution is 7.21. The first-order chi connectivity index (χ1) is 18.2. The highest BCUT2D eigenvalue weighted by Gasteiger charge is 2.17. The molecule has 1 N–H and O–H groups in total. The molecule has 0 saturated carbocycles. The predicted molar refractivity (Wildman–Crippen MR) is 145 cm³/mol. The average molecular weight is 528 g/mol. The van der Waals surface area contributed by atoms with Gasteiger partial charge in [-0.1, -0.05) is 84.5 Å². The second-order valence-electron chi connectivity index (χ2n) is 8.43. The lowest BCUT2D eigenvalue weighted by Crippen LogP contribution is -2.04. The van der Waals surface area contributed by atoms with Gasteiger partial charge in [-0.2, -0.15) is 0 Å². The Morgan fingerprint density at radius 1 is 0.946 bits per heavy atom. The van der Waals surface area contributed by atoms with Gasteiger partial charge in [-0.25, -0.2) is 15.1 Å². The molecule has 184 valence electrons. The Bertz CT molecular complexity index is 1660. The van der Waals surface area contributed by atoms with E-state index in [1.807, 2.05) is 60.7 Å². The third-order valence-electron chi connectivity index (χ3n) is 6.08. The lowest BCUT2D eigenvalue weighted by Gasteiger charge is -2.11. The van der Waals surface area contributed by atoms with Crippen LogP contribution in [0.15, 0.2) is 72.8 Å². The minimum absolute atomic E-state index is 0.407. The first-order valence-electron chi connectivity index (χ1n) is 11.8. The third-order valence-corrected chi connectivity index (χ3v) is 7.51. The maximum atomic E-state index is 6.41. The maximum Gasteiger partial charge on any atom is 0.190 e. The summed E-state index contributed by atoms with van der Waals surface area (Å²) in [5, 5.41) is 15.7. The molecule has 0 aliphatic rings. The minimum Gasteiger partial charge on any atom is -0.489 e. The molecule has 0 atom stereocenters. The average Bonchev–Trinajstić information content (AvgIpc) is 3.67. The van der Waals surface area contributed by atoms with Crippen LogP contribution in [0.1, 0.15) is 23.9 Å². The number of tetrazole rings is 1. The van der Waals surface area contributed by atoms with Crippen molar-refractivity contribution in [2.24, 2.45) is 0 Å². The van der Waals surface area contributed by atoms with Gasteiger partial charge in [-0.15, -0.1) is 5.10 Å². The van der Waals surface area contributed by atoms with Gasteiger partial charge in [0, 0.05) is 23.1 Å². The molecule has 0 saturated heterocycles. The van der Waals surface area contributed by atoms with E-state index >= 15 is 0 Å². The topological polar surface area (TPSA) is 94.4 Å². The summed E-state index contributed by atoms with van der Waals surface area (Å²) in [6, 6.07) is 23.8. The second kappa shape index (κ2) is 10.1. The highest BCUT2D eigenvalue weighted by Crippen LogP contribution is 2.35. The zero-order chi connectivity index (χ0) is 25.2. The Hall–Kier alpha value is -4.08. The van der Waals surface area contributed by atoms with Crippen molar-refractivity contribution >= 4 is 33.4 Å². The summed E-state index contributed by atoms with van der Waals surface area (Å²) >= 11 is 8.03. The maximum absolute atomic E-state index is 6.41. The monoisotopic (exact) mass is 527 g/mol. The van der Waals surface area contributed by atoms with Crippen LogP contribution in [0, 0.1) is 0 Å². The second-order valence-corrected chi connectivity index (χ2v) is 9.82. The Morgan fingerprint density at radius 2 is 1.73 bits per heavy atom. The molecule has 0 radical (unpaired) electrons. The van der Waals surface area contributed by atoms with Crippen LogP contribution in [0.4, 0.5) is 0 Å². The lowest BCUT2D eigenvalue weighted by molar-refractivity contribution is 0.306. The molecule has 0 spiro atoms. The van der Waals surface area contributed by atoms with Crippen molar-refractivity contribution in [3.8, 4) is 27.7 Å². The van der Waals surface area contributed by atoms with Gasteiger partial charge in [-0.05, 0) is 34.2 Å². The normalized spacial score (nSPS) is 11.3. The van der Waals surface area contributed by atoms with Crippen LogP contribution < -0.4 is 4.74 Å². The van der Waals surface area contributed by atoms with Gasteiger partial charge < -0.3 is 9.30 Å². The molecule has 10 heteroatoms. The molecule has 0 amide bonds. The van der Waals surface area contributed by atoms with E-state index in [9.17, 15) is 0 Å². The van der Waals surface area contributed by atoms with Crippen LogP contribution in [0.25, 0.3) is 32.4 Å². The number of aromatic amines is 1. The molecule has 3 aromatic carbocycles. The van der Waals surface area contributed by atoms with Gasteiger partial charge in [-0.3, -0.25) is 0 Å². The molecule has 0 fully saturated rings. The number of halogens is 1. The first-order valence-corrected chi connectivity index (χ1v) is 13.0. The van der Waals surface area contributed by atoms with Crippen molar-refractivity contribution in [3.63, 3.8) is 0 Å². The Labute approximate surface area is 221 Å². The number of hydrogen-bond acceptors (Lipinski definition) is 7. The van der Waals surface area contributed by atoms with Crippen LogP contribution in [0.2, 0.25) is 5.02 Å². The fourth-order valence-corrected chi connectivity index (χ4v) is 5.57. The smallest absolute Gasteiger partial charge is 0.190 e. The molecule has 6 aromatic rings. The van der Waals surface area contributed by atoms with Gasteiger partial charge in [0.15, 0.2) is 11.5 Å². The number of H-pyrrole nitrogens is 1. The van der Waals surface area contributed by atoms with Crippen molar-refractivity contribution in [2.45, 2.75) is 26.5 Å². The number of nitrogens with one attached hydrogen (secondary N) is 1. The molecule has 0 unspecified atom stereocenters. The molecule has 3 aromatic heterocycles. The fourth-order valence-electron chi connectivity index (χ4n) is 4.22. The zero-order valence-corrected chi connectivity index (χ0v) is 21.5. The van der Waals surface area contributed by atoms with Gasteiger partial charge in [0.25, 0.3) is 0 Å². The molecule has 3 heterocycles. The molecule has 0 bridgehead atoms. The van der Waals surface area contributed by atoms with Crippen LogP contribution in [-0.2, 0) is 19.6 Å². The molecule has 8 nitrogen and oxygen atoms in total. The summed E-state index contributed by atoms with van der Waals surface area (Å²) in [5.74, 6) is 2.42. The summed E-state index contributed by atoms with van der Waals surface area (Å²) in [7, 11) is 0. The highest BCUT2D eigenvalue weighted by atomic mass is 35.5. The summed E-state index contributed by atoms with van der Waals surface area (Å²) in [6.07, 6.45) is 0.825. The summed E-state index contributed by atoms with van der Waals surface area (Å²) < 4.78 is 8.32. The fraction of sp³-hybridized carbons (Fsp3) is 0.148. The van der Waals surface area contributed by atoms with Gasteiger partial charge >= 0.3 is 0 Å². The summed E-state index contributed by atoms with van der Waals surface area (Å²) in [5.41, 5.74) is 4.76. The number of hydrogen-bond donors (Lipinski definition) is 1. The number of aryl methyl sites for hydroxylation is 1. The molecular weight excluding hydrogens is 506 g/mol. The number of nitrogens with zero attached hydrogens (tertiary/aromatic N) is 6. The number of fused-ring (bicyclic) bond motifs is 1. The first kappa shape index (κ1) is 23.3. The van der Waals surface area contributed by atoms with Crippen molar-refractivity contribution < 1.29 is 4.74 Å². The van der Waals surface area contributed by atoms with E-state index in [4.69, 9.17) is 26.3 Å². The van der Waals surface area contributed by atoms with E-state index in [0.29, 0.717) is 24.0 Å². The molecule has 6 rings (SSSR count). The number of rotatable bonds is 8. The van der Waals surface area contributed by atoms with Crippen molar-refractivity contribution in [2.75, 3.05) is 0 Å². The number of thiazole rings is 1. The van der Waals surface area contributed by atoms with Crippen LogP contribution >= 0.6 is 22.9 Å². The number of imidazole rings is 1. The Balaban J connectivity index is 1.20. The number of benzene rings is 3. The quantitative estimate of drug-likeness (QED) is 0.254. The van der Waals surface area contributed by atoms with Crippen molar-refractivity contribution in [1.82, 2.24) is 35.2 Å². The van der Waals surface area contributed by atoms with Crippen LogP contribution in [0.5, 0.6) is 5.75 Å². The van der Waals surface area contributed by atoms with Gasteiger partial charge in [0.05, 0.1) is 11.6 Å². The van der Waals surface area contributed by atoms with E-state index in [-0.39, 0.29) is 0 Å². The minimum atomic E-state index is 0.407. The third kappa shape index (κ3) is 4.71. The van der Waals surface area contributed by atoms with E-state index in [0.717, 1.165) is 55.7 Å². The largest absolute Gasteiger partial charge is 0.489 e. The summed E-state index contributed by atoms with van der Waals surface area (Å²) in [4.78, 5) is 10.6. The lowest BCUT2D eigenvalue weighted by atomic mass is 10.1. The molecule has 37 heavy (non-hydrogen) atoms. The number of ether oxygens (including phenoxy) is 1. The van der Waals surface area contributed by atoms with Crippen molar-refractivity contribution in [1.29, 1.82) is 0 Å². The Morgan fingerprint density at radius 3 is 2.49 bits per heavy atom. The predicted octanol–water partition coefficient (Wildman–Crippen LogP) is 6.18. The van der Waals surface area contributed by atoms with E-state index in [2.05, 4.69) is 44.2 Å². The van der Waals surface area contributed by atoms with E-state index in [1.165, 1.54) is 0 Å². The zero-order valence-electron chi connectivity index (χ0n) is 19.9. The van der Waals surface area contributed by atoms with Crippen LogP contribution in [0.3, 0.4) is 0 Å². The molecule has 0 aliphatic carbocycles. The van der Waals surface area contributed by atoms with E-state index < -0.39 is 0 Å². The Kier molecular flexibility index (Phi) is 6.38. The number of aromatic nitrogens is 7. The van der Waals surface area contributed by atoms with Crippen LogP contribution in [-0.4, -0.2) is 35.2 Å². The molecule has 0 aliphatic heterocycles. The standard InChI is InChI=1S/C27H22ClN7OS/c1-2-23-29-25-27(37-26(30-25)21-9-5-6-10-22(21)28)35(23)15-17-11-13-19(14-12-17)36-16-18-7-3-4-8-20(18)24-31-33-34-32-24/h3-14H,2,15-16H2,1H3,(H,31,32,33,34). The van der Waals surface area contributed by atoms with E-state index in [1.54, 1.807) is 11.3 Å². The molecular formula is C27H22ClN7OS. The summed E-state index contributed by atoms with van der Waals surface area (Å²) in [6.45, 7) is 3.22.